The fourth-order valence-corrected chi connectivity index (χ4v) is 4.15. The van der Waals surface area contributed by atoms with E-state index in [2.05, 4.69) is 48.2 Å². The lowest BCUT2D eigenvalue weighted by molar-refractivity contribution is 0.0909. The number of hydrogen-bond acceptors (Lipinski definition) is 6. The summed E-state index contributed by atoms with van der Waals surface area (Å²) >= 11 is 0. The van der Waals surface area contributed by atoms with Gasteiger partial charge in [0, 0.05) is 44.2 Å². The third-order valence-corrected chi connectivity index (χ3v) is 5.76. The summed E-state index contributed by atoms with van der Waals surface area (Å²) in [5, 5.41) is 12.9. The highest BCUT2D eigenvalue weighted by atomic mass is 16.3. The molecule has 1 aliphatic heterocycles. The number of nitrogens with zero attached hydrogens (tertiary/aromatic N) is 5. The van der Waals surface area contributed by atoms with Crippen molar-refractivity contribution in [2.45, 2.75) is 32.5 Å². The van der Waals surface area contributed by atoms with Gasteiger partial charge in [0.1, 0.15) is 5.82 Å². The largest absolute Gasteiger partial charge is 0.459 e. The molecule has 0 saturated carbocycles. The van der Waals surface area contributed by atoms with Crippen molar-refractivity contribution in [3.8, 4) is 0 Å². The van der Waals surface area contributed by atoms with Crippen LogP contribution in [0, 0.1) is 0 Å². The number of aromatic nitrogens is 4. The molecule has 1 amide bonds. The predicted octanol–water partition coefficient (Wildman–Crippen LogP) is 2.97. The lowest BCUT2D eigenvalue weighted by atomic mass is 10.1. The summed E-state index contributed by atoms with van der Waals surface area (Å²) in [6.45, 7) is 5.35. The number of benzene rings is 1. The molecular formula is C23H24N6O2. The summed E-state index contributed by atoms with van der Waals surface area (Å²) in [4.78, 5) is 19.2. The second kappa shape index (κ2) is 8.31. The third kappa shape index (κ3) is 3.94. The van der Waals surface area contributed by atoms with Gasteiger partial charge in [-0.15, -0.1) is 10.2 Å². The highest BCUT2D eigenvalue weighted by Crippen LogP contribution is 2.21. The summed E-state index contributed by atoms with van der Waals surface area (Å²) in [5.74, 6) is 1.76. The molecule has 158 valence electrons. The van der Waals surface area contributed by atoms with Gasteiger partial charge in [0.15, 0.2) is 11.6 Å². The summed E-state index contributed by atoms with van der Waals surface area (Å²) in [5.41, 5.74) is 2.30. The van der Waals surface area contributed by atoms with E-state index < -0.39 is 0 Å². The fraction of sp³-hybridized carbons (Fsp3) is 0.304. The van der Waals surface area contributed by atoms with E-state index in [1.807, 2.05) is 25.3 Å². The maximum absolute atomic E-state index is 12.3. The Balaban J connectivity index is 1.29. The van der Waals surface area contributed by atoms with Crippen molar-refractivity contribution in [3.05, 3.63) is 77.9 Å². The first-order chi connectivity index (χ1) is 15.2. The SMILES string of the molecule is C[C@@H](NC(=O)c1ccco1)c1nnc2n1CCN(Cc1cccc3ncccc13)CC2. The van der Waals surface area contributed by atoms with Crippen molar-refractivity contribution >= 4 is 16.8 Å². The van der Waals surface area contributed by atoms with Crippen LogP contribution in [0.25, 0.3) is 10.9 Å². The van der Waals surface area contributed by atoms with Gasteiger partial charge in [0.2, 0.25) is 0 Å². The number of pyridine rings is 1. The normalized spacial score (nSPS) is 15.4. The molecule has 1 aromatic carbocycles. The van der Waals surface area contributed by atoms with Gasteiger partial charge in [-0.05, 0) is 36.8 Å². The first kappa shape index (κ1) is 19.4. The molecule has 0 fully saturated rings. The molecule has 8 nitrogen and oxygen atoms in total. The first-order valence-electron chi connectivity index (χ1n) is 10.5. The number of carbonyl (C=O) groups is 1. The van der Waals surface area contributed by atoms with Crippen LogP contribution in [-0.4, -0.2) is 43.6 Å². The minimum absolute atomic E-state index is 0.255. The molecule has 0 bridgehead atoms. The molecule has 31 heavy (non-hydrogen) atoms. The van der Waals surface area contributed by atoms with Crippen LogP contribution in [0.2, 0.25) is 0 Å². The molecule has 0 saturated heterocycles. The minimum atomic E-state index is -0.269. The van der Waals surface area contributed by atoms with Gasteiger partial charge < -0.3 is 14.3 Å². The van der Waals surface area contributed by atoms with Crippen LogP contribution in [0.1, 0.15) is 40.7 Å². The number of nitrogens with one attached hydrogen (secondary N) is 1. The van der Waals surface area contributed by atoms with E-state index in [-0.39, 0.29) is 11.9 Å². The second-order valence-electron chi connectivity index (χ2n) is 7.81. The molecule has 4 aromatic rings. The smallest absolute Gasteiger partial charge is 0.287 e. The number of fused-ring (bicyclic) bond motifs is 2. The monoisotopic (exact) mass is 416 g/mol. The van der Waals surface area contributed by atoms with Crippen molar-refractivity contribution in [2.75, 3.05) is 13.1 Å². The molecule has 5 rings (SSSR count). The fourth-order valence-electron chi connectivity index (χ4n) is 4.15. The lowest BCUT2D eigenvalue weighted by Crippen LogP contribution is -2.30. The maximum Gasteiger partial charge on any atom is 0.287 e. The summed E-state index contributed by atoms with van der Waals surface area (Å²) in [6, 6.07) is 13.5. The Morgan fingerprint density at radius 3 is 2.94 bits per heavy atom. The zero-order valence-corrected chi connectivity index (χ0v) is 17.4. The lowest BCUT2D eigenvalue weighted by Gasteiger charge is -2.21. The van der Waals surface area contributed by atoms with Crippen molar-refractivity contribution in [1.82, 2.24) is 30.0 Å². The molecule has 3 aromatic heterocycles. The number of rotatable bonds is 5. The van der Waals surface area contributed by atoms with E-state index in [9.17, 15) is 4.79 Å². The highest BCUT2D eigenvalue weighted by Gasteiger charge is 2.23. The Morgan fingerprint density at radius 1 is 1.13 bits per heavy atom. The van der Waals surface area contributed by atoms with Gasteiger partial charge in [0.05, 0.1) is 17.8 Å². The summed E-state index contributed by atoms with van der Waals surface area (Å²) in [7, 11) is 0. The molecule has 1 aliphatic rings. The van der Waals surface area contributed by atoms with Gasteiger partial charge in [-0.1, -0.05) is 18.2 Å². The van der Waals surface area contributed by atoms with Crippen LogP contribution in [0.5, 0.6) is 0 Å². The molecule has 0 radical (unpaired) electrons. The number of furan rings is 1. The van der Waals surface area contributed by atoms with Gasteiger partial charge in [-0.2, -0.15) is 0 Å². The number of amides is 1. The van der Waals surface area contributed by atoms with Crippen LogP contribution in [0.3, 0.4) is 0 Å². The van der Waals surface area contributed by atoms with E-state index in [1.165, 1.54) is 17.2 Å². The van der Waals surface area contributed by atoms with Crippen LogP contribution in [0.4, 0.5) is 0 Å². The molecule has 4 heterocycles. The van der Waals surface area contributed by atoms with E-state index in [0.29, 0.717) is 5.76 Å². The predicted molar refractivity (Wildman–Crippen MR) is 115 cm³/mol. The van der Waals surface area contributed by atoms with E-state index in [1.54, 1.807) is 12.1 Å². The Hall–Kier alpha value is -3.52. The van der Waals surface area contributed by atoms with Crippen LogP contribution >= 0.6 is 0 Å². The molecule has 8 heteroatoms. The van der Waals surface area contributed by atoms with E-state index in [0.717, 1.165) is 49.8 Å². The molecule has 1 atom stereocenters. The summed E-state index contributed by atoms with van der Waals surface area (Å²) < 4.78 is 7.32. The second-order valence-corrected chi connectivity index (χ2v) is 7.81. The molecule has 0 aliphatic carbocycles. The zero-order valence-electron chi connectivity index (χ0n) is 17.4. The Bertz CT molecular complexity index is 1190. The van der Waals surface area contributed by atoms with Crippen molar-refractivity contribution in [3.63, 3.8) is 0 Å². The van der Waals surface area contributed by atoms with Crippen molar-refractivity contribution < 1.29 is 9.21 Å². The Morgan fingerprint density at radius 2 is 2.06 bits per heavy atom. The van der Waals surface area contributed by atoms with Crippen molar-refractivity contribution in [1.29, 1.82) is 0 Å². The molecule has 0 unspecified atom stereocenters. The van der Waals surface area contributed by atoms with Gasteiger partial charge >= 0.3 is 0 Å². The quantitative estimate of drug-likeness (QED) is 0.538. The van der Waals surface area contributed by atoms with E-state index in [4.69, 9.17) is 4.42 Å². The average molecular weight is 416 g/mol. The first-order valence-corrected chi connectivity index (χ1v) is 10.5. The average Bonchev–Trinajstić information content (AvgIpc) is 3.42. The maximum atomic E-state index is 12.3. The van der Waals surface area contributed by atoms with Gasteiger partial charge in [0.25, 0.3) is 5.91 Å². The van der Waals surface area contributed by atoms with Crippen molar-refractivity contribution in [2.24, 2.45) is 0 Å². The molecular weight excluding hydrogens is 392 g/mol. The standard InChI is InChI=1S/C23H24N6O2/c1-16(25-23(30)20-8-4-14-31-20)22-27-26-21-9-11-28(12-13-29(21)22)15-17-5-2-7-19-18(17)6-3-10-24-19/h2-8,10,14,16H,9,11-13,15H2,1H3,(H,25,30)/t16-/m1/s1. The van der Waals surface area contributed by atoms with Crippen LogP contribution in [-0.2, 0) is 19.5 Å². The Labute approximate surface area is 179 Å². The van der Waals surface area contributed by atoms with E-state index >= 15 is 0 Å². The number of hydrogen-bond donors (Lipinski definition) is 1. The number of carbonyl (C=O) groups excluding carboxylic acids is 1. The topological polar surface area (TPSA) is 89.1 Å². The zero-order chi connectivity index (χ0) is 21.2. The molecule has 0 spiro atoms. The van der Waals surface area contributed by atoms with Gasteiger partial charge in [-0.25, -0.2) is 0 Å². The molecule has 1 N–H and O–H groups in total. The summed E-state index contributed by atoms with van der Waals surface area (Å²) in [6.07, 6.45) is 4.13. The van der Waals surface area contributed by atoms with Crippen LogP contribution in [0.15, 0.2) is 59.3 Å². The van der Waals surface area contributed by atoms with Crippen LogP contribution < -0.4 is 5.32 Å². The van der Waals surface area contributed by atoms with Gasteiger partial charge in [-0.3, -0.25) is 14.7 Å². The Kier molecular flexibility index (Phi) is 5.21. The third-order valence-electron chi connectivity index (χ3n) is 5.76. The highest BCUT2D eigenvalue weighted by molar-refractivity contribution is 5.91. The minimum Gasteiger partial charge on any atom is -0.459 e.